The molecule has 0 amide bonds. The van der Waals surface area contributed by atoms with Crippen LogP contribution >= 0.6 is 0 Å². The summed E-state index contributed by atoms with van der Waals surface area (Å²) in [6.07, 6.45) is -0.312. The third kappa shape index (κ3) is 2.41. The Morgan fingerprint density at radius 1 is 1.64 bits per heavy atom. The standard InChI is InChI=1S/C7H7N3O4/c8-5-1-4(3-7(11)12)2-6(9-5)10(13)14/h1-2H,3H2,(H2,8,9)(H,11,12). The van der Waals surface area contributed by atoms with Crippen molar-refractivity contribution >= 4 is 17.6 Å². The van der Waals surface area contributed by atoms with Gasteiger partial charge in [0.15, 0.2) is 0 Å². The Kier molecular flexibility index (Phi) is 2.61. The van der Waals surface area contributed by atoms with Crippen molar-refractivity contribution in [3.05, 3.63) is 27.8 Å². The number of hydrogen-bond acceptors (Lipinski definition) is 5. The van der Waals surface area contributed by atoms with Gasteiger partial charge < -0.3 is 21.0 Å². The molecule has 0 aliphatic rings. The molecule has 1 heterocycles. The smallest absolute Gasteiger partial charge is 0.366 e. The van der Waals surface area contributed by atoms with Gasteiger partial charge in [0.2, 0.25) is 5.82 Å². The number of aliphatic carboxylic acids is 1. The average Bonchev–Trinajstić information content (AvgIpc) is 2.01. The number of carboxylic acid groups (broad SMARTS) is 1. The van der Waals surface area contributed by atoms with E-state index in [1.165, 1.54) is 6.07 Å². The van der Waals surface area contributed by atoms with Gasteiger partial charge >= 0.3 is 11.8 Å². The van der Waals surface area contributed by atoms with E-state index in [1.807, 2.05) is 0 Å². The van der Waals surface area contributed by atoms with Crippen LogP contribution in [0.2, 0.25) is 0 Å². The van der Waals surface area contributed by atoms with Crippen molar-refractivity contribution in [1.29, 1.82) is 0 Å². The fourth-order valence-electron chi connectivity index (χ4n) is 0.964. The molecule has 3 N–H and O–H groups in total. The minimum Gasteiger partial charge on any atom is -0.481 e. The van der Waals surface area contributed by atoms with Gasteiger partial charge in [0, 0.05) is 12.1 Å². The first-order chi connectivity index (χ1) is 6.49. The van der Waals surface area contributed by atoms with Crippen molar-refractivity contribution < 1.29 is 14.8 Å². The Bertz CT molecular complexity index is 391. The van der Waals surface area contributed by atoms with Gasteiger partial charge in [0.25, 0.3) is 0 Å². The number of carboxylic acids is 1. The van der Waals surface area contributed by atoms with E-state index >= 15 is 0 Å². The topological polar surface area (TPSA) is 119 Å². The van der Waals surface area contributed by atoms with Crippen molar-refractivity contribution in [1.82, 2.24) is 4.98 Å². The Hall–Kier alpha value is -2.18. The lowest BCUT2D eigenvalue weighted by Gasteiger charge is -1.97. The molecule has 14 heavy (non-hydrogen) atoms. The largest absolute Gasteiger partial charge is 0.481 e. The maximum absolute atomic E-state index is 10.3. The highest BCUT2D eigenvalue weighted by atomic mass is 16.6. The maximum Gasteiger partial charge on any atom is 0.366 e. The molecule has 0 spiro atoms. The van der Waals surface area contributed by atoms with E-state index in [-0.39, 0.29) is 17.8 Å². The Balaban J connectivity index is 3.07. The molecule has 0 radical (unpaired) electrons. The molecule has 0 saturated carbocycles. The summed E-state index contributed by atoms with van der Waals surface area (Å²) in [6, 6.07) is 2.38. The van der Waals surface area contributed by atoms with Crippen molar-refractivity contribution in [2.45, 2.75) is 6.42 Å². The monoisotopic (exact) mass is 197 g/mol. The maximum atomic E-state index is 10.3. The molecule has 1 aromatic rings. The van der Waals surface area contributed by atoms with Crippen LogP contribution in [0.15, 0.2) is 12.1 Å². The summed E-state index contributed by atoms with van der Waals surface area (Å²) >= 11 is 0. The first kappa shape index (κ1) is 9.90. The number of hydrogen-bond donors (Lipinski definition) is 2. The van der Waals surface area contributed by atoms with Gasteiger partial charge in [0.05, 0.1) is 6.42 Å². The number of nitrogen functional groups attached to an aromatic ring is 1. The number of pyridine rings is 1. The van der Waals surface area contributed by atoms with Gasteiger partial charge in [0.1, 0.15) is 0 Å². The number of nitrogens with zero attached hydrogens (tertiary/aromatic N) is 2. The molecule has 74 valence electrons. The number of aromatic nitrogens is 1. The number of nitrogens with two attached hydrogens (primary N) is 1. The first-order valence-corrected chi connectivity index (χ1v) is 3.61. The molecular weight excluding hydrogens is 190 g/mol. The Labute approximate surface area is 78.3 Å². The second kappa shape index (κ2) is 3.69. The quantitative estimate of drug-likeness (QED) is 0.527. The molecule has 0 unspecified atom stereocenters. The van der Waals surface area contributed by atoms with Crippen LogP contribution in [0.4, 0.5) is 11.6 Å². The zero-order chi connectivity index (χ0) is 10.7. The van der Waals surface area contributed by atoms with Crippen LogP contribution < -0.4 is 5.73 Å². The van der Waals surface area contributed by atoms with Crippen LogP contribution in [0.1, 0.15) is 5.56 Å². The van der Waals surface area contributed by atoms with E-state index in [0.717, 1.165) is 6.07 Å². The molecule has 0 atom stereocenters. The predicted octanol–water partition coefficient (Wildman–Crippen LogP) is 0.199. The van der Waals surface area contributed by atoms with Gasteiger partial charge in [-0.2, -0.15) is 0 Å². The third-order valence-corrected chi connectivity index (χ3v) is 1.43. The minimum atomic E-state index is -1.08. The van der Waals surface area contributed by atoms with Crippen LogP contribution in [-0.4, -0.2) is 21.0 Å². The summed E-state index contributed by atoms with van der Waals surface area (Å²) in [7, 11) is 0. The van der Waals surface area contributed by atoms with E-state index in [0.29, 0.717) is 0 Å². The molecular formula is C7H7N3O4. The summed E-state index contributed by atoms with van der Waals surface area (Å²) in [5.41, 5.74) is 5.53. The van der Waals surface area contributed by atoms with E-state index in [2.05, 4.69) is 4.98 Å². The molecule has 7 heteroatoms. The summed E-state index contributed by atoms with van der Waals surface area (Å²) in [6.45, 7) is 0. The number of nitro groups is 1. The molecule has 1 aromatic heterocycles. The molecule has 0 aliphatic heterocycles. The van der Waals surface area contributed by atoms with Crippen molar-refractivity contribution in [2.75, 3.05) is 5.73 Å². The summed E-state index contributed by atoms with van der Waals surface area (Å²) in [5, 5.41) is 18.8. The molecule has 0 fully saturated rings. The summed E-state index contributed by atoms with van der Waals surface area (Å²) < 4.78 is 0. The van der Waals surface area contributed by atoms with Gasteiger partial charge in [-0.1, -0.05) is 0 Å². The molecule has 0 bridgehead atoms. The molecule has 0 aliphatic carbocycles. The second-order valence-electron chi connectivity index (χ2n) is 2.59. The molecule has 1 rings (SSSR count). The summed E-state index contributed by atoms with van der Waals surface area (Å²) in [5.74, 6) is -1.58. The average molecular weight is 197 g/mol. The van der Waals surface area contributed by atoms with Crippen LogP contribution in [0.3, 0.4) is 0 Å². The van der Waals surface area contributed by atoms with E-state index < -0.39 is 16.7 Å². The lowest BCUT2D eigenvalue weighted by atomic mass is 10.2. The van der Waals surface area contributed by atoms with Crippen LogP contribution in [-0.2, 0) is 11.2 Å². The lowest BCUT2D eigenvalue weighted by Crippen LogP contribution is -2.04. The second-order valence-corrected chi connectivity index (χ2v) is 2.59. The highest BCUT2D eigenvalue weighted by Gasteiger charge is 2.12. The van der Waals surface area contributed by atoms with Crippen LogP contribution in [0.5, 0.6) is 0 Å². The predicted molar refractivity (Wildman–Crippen MR) is 46.6 cm³/mol. The molecule has 0 saturated heterocycles. The van der Waals surface area contributed by atoms with E-state index in [1.54, 1.807) is 0 Å². The van der Waals surface area contributed by atoms with Crippen molar-refractivity contribution in [3.8, 4) is 0 Å². The summed E-state index contributed by atoms with van der Waals surface area (Å²) in [4.78, 5) is 23.4. The number of rotatable bonds is 3. The van der Waals surface area contributed by atoms with E-state index in [9.17, 15) is 14.9 Å². The minimum absolute atomic E-state index is 0.0598. The van der Waals surface area contributed by atoms with Crippen LogP contribution in [0, 0.1) is 10.1 Å². The number of anilines is 1. The van der Waals surface area contributed by atoms with E-state index in [4.69, 9.17) is 10.8 Å². The van der Waals surface area contributed by atoms with Crippen molar-refractivity contribution in [2.24, 2.45) is 0 Å². The zero-order valence-electron chi connectivity index (χ0n) is 7.01. The molecule has 7 nitrogen and oxygen atoms in total. The Morgan fingerprint density at radius 3 is 2.79 bits per heavy atom. The fraction of sp³-hybridized carbons (Fsp3) is 0.143. The van der Waals surface area contributed by atoms with Crippen LogP contribution in [0.25, 0.3) is 0 Å². The number of carbonyl (C=O) groups is 1. The lowest BCUT2D eigenvalue weighted by molar-refractivity contribution is -0.389. The fourth-order valence-corrected chi connectivity index (χ4v) is 0.964. The van der Waals surface area contributed by atoms with Crippen molar-refractivity contribution in [3.63, 3.8) is 0 Å². The normalized spacial score (nSPS) is 9.71. The van der Waals surface area contributed by atoms with Gasteiger partial charge in [-0.3, -0.25) is 4.79 Å². The van der Waals surface area contributed by atoms with Gasteiger partial charge in [-0.15, -0.1) is 0 Å². The third-order valence-electron chi connectivity index (χ3n) is 1.43. The molecule has 0 aromatic carbocycles. The first-order valence-electron chi connectivity index (χ1n) is 3.61. The highest BCUT2D eigenvalue weighted by Crippen LogP contribution is 2.14. The highest BCUT2D eigenvalue weighted by molar-refractivity contribution is 5.70. The SMILES string of the molecule is Nc1cc(CC(=O)O)cc([N+](=O)[O-])n1. The Morgan fingerprint density at radius 2 is 2.29 bits per heavy atom. The van der Waals surface area contributed by atoms with Gasteiger partial charge in [-0.25, -0.2) is 0 Å². The van der Waals surface area contributed by atoms with Gasteiger partial charge in [-0.05, 0) is 15.5 Å². The zero-order valence-corrected chi connectivity index (χ0v) is 7.01.